The Labute approximate surface area is 77.1 Å². The second kappa shape index (κ2) is 6.21. The van der Waals surface area contributed by atoms with Crippen LogP contribution in [-0.2, 0) is 0 Å². The smallest absolute Gasteiger partial charge is 0.314 e. The predicted molar refractivity (Wildman–Crippen MR) is 46.7 cm³/mol. The lowest BCUT2D eigenvalue weighted by Crippen LogP contribution is -2.47. The van der Waals surface area contributed by atoms with E-state index in [-0.39, 0.29) is 0 Å². The van der Waals surface area contributed by atoms with Crippen molar-refractivity contribution < 1.29 is 13.2 Å². The number of alkyl halides is 3. The number of nitrogens with one attached hydrogen (secondary N) is 1. The van der Waals surface area contributed by atoms with Crippen molar-refractivity contribution in [2.45, 2.75) is 20.0 Å². The molecule has 0 aromatic heterocycles. The largest absolute Gasteiger partial charge is 0.401 e. The summed E-state index contributed by atoms with van der Waals surface area (Å²) in [5.74, 6) is 0. The Bertz CT molecular complexity index is 119. The predicted octanol–water partition coefficient (Wildman–Crippen LogP) is 1.48. The summed E-state index contributed by atoms with van der Waals surface area (Å²) >= 11 is 0. The van der Waals surface area contributed by atoms with Gasteiger partial charge in [0.25, 0.3) is 0 Å². The van der Waals surface area contributed by atoms with Crippen molar-refractivity contribution in [3.8, 4) is 0 Å². The molecule has 0 radical (unpaired) electrons. The summed E-state index contributed by atoms with van der Waals surface area (Å²) in [4.78, 5) is 1.41. The molecule has 2 nitrogen and oxygen atoms in total. The van der Waals surface area contributed by atoms with Crippen molar-refractivity contribution in [2.75, 3.05) is 32.7 Å². The maximum atomic E-state index is 11.8. The molecule has 1 saturated heterocycles. The molecular weight excluding hydrogens is 181 g/mol. The molecular formula is C8H17F3N2. The van der Waals surface area contributed by atoms with E-state index in [0.29, 0.717) is 26.2 Å². The molecule has 80 valence electrons. The highest BCUT2D eigenvalue weighted by Crippen LogP contribution is 2.16. The fourth-order valence-corrected chi connectivity index (χ4v) is 1.12. The van der Waals surface area contributed by atoms with Crippen LogP contribution in [0.4, 0.5) is 13.2 Å². The summed E-state index contributed by atoms with van der Waals surface area (Å²) in [6, 6.07) is 0. The van der Waals surface area contributed by atoms with Gasteiger partial charge < -0.3 is 5.32 Å². The number of piperazine rings is 1. The molecule has 1 rings (SSSR count). The van der Waals surface area contributed by atoms with Gasteiger partial charge in [0, 0.05) is 26.2 Å². The van der Waals surface area contributed by atoms with Gasteiger partial charge >= 0.3 is 6.18 Å². The van der Waals surface area contributed by atoms with Gasteiger partial charge in [0.05, 0.1) is 6.54 Å². The minimum Gasteiger partial charge on any atom is -0.314 e. The van der Waals surface area contributed by atoms with E-state index in [9.17, 15) is 13.2 Å². The zero-order valence-corrected chi connectivity index (χ0v) is 8.12. The highest BCUT2D eigenvalue weighted by Gasteiger charge is 2.30. The van der Waals surface area contributed by atoms with Gasteiger partial charge in [-0.2, -0.15) is 13.2 Å². The topological polar surface area (TPSA) is 15.3 Å². The van der Waals surface area contributed by atoms with Crippen molar-refractivity contribution >= 4 is 0 Å². The average molecular weight is 198 g/mol. The molecule has 5 heteroatoms. The first kappa shape index (κ1) is 12.7. The molecule has 0 aromatic rings. The Morgan fingerprint density at radius 3 is 2.00 bits per heavy atom. The second-order valence-corrected chi connectivity index (χ2v) is 2.64. The van der Waals surface area contributed by atoms with Gasteiger partial charge in [-0.25, -0.2) is 0 Å². The molecule has 0 aliphatic carbocycles. The van der Waals surface area contributed by atoms with Gasteiger partial charge in [0.1, 0.15) is 0 Å². The number of halogens is 3. The van der Waals surface area contributed by atoms with Crippen LogP contribution < -0.4 is 5.32 Å². The SMILES string of the molecule is CC.FC(F)(F)CN1CCNCC1. The van der Waals surface area contributed by atoms with E-state index in [1.54, 1.807) is 0 Å². The quantitative estimate of drug-likeness (QED) is 0.686. The minimum absolute atomic E-state index is 0.500. The molecule has 0 saturated carbocycles. The Morgan fingerprint density at radius 2 is 1.62 bits per heavy atom. The number of hydrogen-bond acceptors (Lipinski definition) is 2. The Balaban J connectivity index is 0.000000671. The molecule has 0 amide bonds. The van der Waals surface area contributed by atoms with Crippen LogP contribution in [0.5, 0.6) is 0 Å². The van der Waals surface area contributed by atoms with Crippen molar-refractivity contribution in [3.63, 3.8) is 0 Å². The monoisotopic (exact) mass is 198 g/mol. The van der Waals surface area contributed by atoms with Gasteiger partial charge in [0.2, 0.25) is 0 Å². The third kappa shape index (κ3) is 6.83. The van der Waals surface area contributed by atoms with E-state index >= 15 is 0 Å². The molecule has 0 aromatic carbocycles. The van der Waals surface area contributed by atoms with E-state index in [4.69, 9.17) is 0 Å². The highest BCUT2D eigenvalue weighted by molar-refractivity contribution is 4.69. The lowest BCUT2D eigenvalue weighted by molar-refractivity contribution is -0.146. The van der Waals surface area contributed by atoms with Gasteiger partial charge in [-0.1, -0.05) is 13.8 Å². The maximum absolute atomic E-state index is 11.8. The molecule has 1 N–H and O–H groups in total. The lowest BCUT2D eigenvalue weighted by atomic mass is 10.3. The van der Waals surface area contributed by atoms with Crippen LogP contribution >= 0.6 is 0 Å². The lowest BCUT2D eigenvalue weighted by Gasteiger charge is -2.27. The van der Waals surface area contributed by atoms with Crippen molar-refractivity contribution in [1.82, 2.24) is 10.2 Å². The van der Waals surface area contributed by atoms with Gasteiger partial charge in [0.15, 0.2) is 0 Å². The maximum Gasteiger partial charge on any atom is 0.401 e. The fourth-order valence-electron chi connectivity index (χ4n) is 1.12. The van der Waals surface area contributed by atoms with Gasteiger partial charge in [-0.3, -0.25) is 4.90 Å². The molecule has 0 bridgehead atoms. The third-order valence-electron chi connectivity index (χ3n) is 1.61. The van der Waals surface area contributed by atoms with Crippen LogP contribution in [0.1, 0.15) is 13.8 Å². The standard InChI is InChI=1S/C6H11F3N2.C2H6/c7-6(8,9)5-11-3-1-10-2-4-11;1-2/h10H,1-5H2;1-2H3. The zero-order chi connectivity index (χ0) is 10.3. The molecule has 1 heterocycles. The minimum atomic E-state index is -4.04. The van der Waals surface area contributed by atoms with E-state index in [0.717, 1.165) is 0 Å². The van der Waals surface area contributed by atoms with Gasteiger partial charge in [-0.15, -0.1) is 0 Å². The summed E-state index contributed by atoms with van der Waals surface area (Å²) in [6.07, 6.45) is -4.04. The molecule has 1 aliphatic heterocycles. The van der Waals surface area contributed by atoms with Crippen LogP contribution in [0.3, 0.4) is 0 Å². The van der Waals surface area contributed by atoms with Crippen molar-refractivity contribution in [1.29, 1.82) is 0 Å². The molecule has 1 fully saturated rings. The molecule has 0 spiro atoms. The van der Waals surface area contributed by atoms with E-state index in [2.05, 4.69) is 5.32 Å². The van der Waals surface area contributed by atoms with Gasteiger partial charge in [-0.05, 0) is 0 Å². The summed E-state index contributed by atoms with van der Waals surface area (Å²) in [5, 5.41) is 2.99. The first-order valence-corrected chi connectivity index (χ1v) is 4.58. The second-order valence-electron chi connectivity index (χ2n) is 2.64. The van der Waals surface area contributed by atoms with Crippen LogP contribution in [-0.4, -0.2) is 43.8 Å². The first-order valence-electron chi connectivity index (χ1n) is 4.58. The summed E-state index contributed by atoms with van der Waals surface area (Å²) < 4.78 is 35.3. The first-order chi connectivity index (χ1) is 6.08. The fraction of sp³-hybridized carbons (Fsp3) is 1.00. The van der Waals surface area contributed by atoms with Crippen LogP contribution in [0.15, 0.2) is 0 Å². The zero-order valence-electron chi connectivity index (χ0n) is 8.12. The van der Waals surface area contributed by atoms with E-state index < -0.39 is 12.7 Å². The third-order valence-corrected chi connectivity index (χ3v) is 1.61. The number of hydrogen-bond donors (Lipinski definition) is 1. The summed E-state index contributed by atoms with van der Waals surface area (Å²) in [5.41, 5.74) is 0. The normalized spacial score (nSPS) is 19.2. The van der Waals surface area contributed by atoms with Crippen molar-refractivity contribution in [3.05, 3.63) is 0 Å². The molecule has 0 atom stereocenters. The van der Waals surface area contributed by atoms with E-state index in [1.807, 2.05) is 13.8 Å². The molecule has 1 aliphatic rings. The number of rotatable bonds is 1. The highest BCUT2D eigenvalue weighted by atomic mass is 19.4. The molecule has 13 heavy (non-hydrogen) atoms. The Kier molecular flexibility index (Phi) is 6.07. The average Bonchev–Trinajstić information content (AvgIpc) is 2.07. The van der Waals surface area contributed by atoms with Crippen molar-refractivity contribution in [2.24, 2.45) is 0 Å². The van der Waals surface area contributed by atoms with Crippen LogP contribution in [0, 0.1) is 0 Å². The van der Waals surface area contributed by atoms with E-state index in [1.165, 1.54) is 4.90 Å². The van der Waals surface area contributed by atoms with Crippen LogP contribution in [0.25, 0.3) is 0 Å². The Hall–Kier alpha value is -0.290. The number of nitrogens with zero attached hydrogens (tertiary/aromatic N) is 1. The summed E-state index contributed by atoms with van der Waals surface area (Å²) in [6.45, 7) is 5.56. The summed E-state index contributed by atoms with van der Waals surface area (Å²) in [7, 11) is 0. The van der Waals surface area contributed by atoms with Crippen LogP contribution in [0.2, 0.25) is 0 Å². The molecule has 0 unspecified atom stereocenters. The Morgan fingerprint density at radius 1 is 1.15 bits per heavy atom.